The lowest BCUT2D eigenvalue weighted by molar-refractivity contribution is -0.385. The number of phenolic OH excluding ortho intramolecular Hbond substituents is 1. The summed E-state index contributed by atoms with van der Waals surface area (Å²) in [4.78, 5) is 21.7. The van der Waals surface area contributed by atoms with E-state index in [-0.39, 0.29) is 6.61 Å². The lowest BCUT2D eigenvalue weighted by Crippen LogP contribution is -2.24. The normalized spacial score (nSPS) is 10.6. The number of nitrogens with one attached hydrogen (secondary N) is 1. The zero-order chi connectivity index (χ0) is 18.4. The Morgan fingerprint density at radius 1 is 1.28 bits per heavy atom. The third-order valence-corrected chi connectivity index (χ3v) is 3.45. The van der Waals surface area contributed by atoms with Crippen LogP contribution in [0.15, 0.2) is 41.5 Å². The number of hydrogen-bond acceptors (Lipinski definition) is 6. The zero-order valence-electron chi connectivity index (χ0n) is 13.7. The van der Waals surface area contributed by atoms with Gasteiger partial charge in [0.1, 0.15) is 5.75 Å². The van der Waals surface area contributed by atoms with Crippen molar-refractivity contribution in [3.05, 3.63) is 63.2 Å². The predicted octanol–water partition coefficient (Wildman–Crippen LogP) is 2.45. The van der Waals surface area contributed by atoms with Gasteiger partial charge in [-0.3, -0.25) is 14.9 Å². The van der Waals surface area contributed by atoms with Gasteiger partial charge in [-0.2, -0.15) is 5.10 Å². The third kappa shape index (κ3) is 5.03. The number of benzene rings is 2. The van der Waals surface area contributed by atoms with Crippen LogP contribution in [0.2, 0.25) is 0 Å². The Balaban J connectivity index is 1.89. The van der Waals surface area contributed by atoms with E-state index in [0.717, 1.165) is 17.2 Å². The van der Waals surface area contributed by atoms with E-state index in [9.17, 15) is 20.0 Å². The van der Waals surface area contributed by atoms with Gasteiger partial charge in [0, 0.05) is 11.6 Å². The summed E-state index contributed by atoms with van der Waals surface area (Å²) in [7, 11) is 0. The first-order valence-corrected chi connectivity index (χ1v) is 7.36. The molecule has 0 aliphatic rings. The summed E-state index contributed by atoms with van der Waals surface area (Å²) in [5.74, 6) is -0.327. The molecule has 8 nitrogen and oxygen atoms in total. The molecule has 130 valence electrons. The van der Waals surface area contributed by atoms with Gasteiger partial charge >= 0.3 is 5.69 Å². The van der Waals surface area contributed by atoms with Crippen LogP contribution in [0.5, 0.6) is 11.5 Å². The van der Waals surface area contributed by atoms with E-state index in [0.29, 0.717) is 11.3 Å². The van der Waals surface area contributed by atoms with Gasteiger partial charge in [0.2, 0.25) is 0 Å². The number of nitro groups is 1. The summed E-state index contributed by atoms with van der Waals surface area (Å²) >= 11 is 0. The zero-order valence-corrected chi connectivity index (χ0v) is 13.7. The van der Waals surface area contributed by atoms with Crippen molar-refractivity contribution in [2.24, 2.45) is 5.10 Å². The highest BCUT2D eigenvalue weighted by Gasteiger charge is 2.12. The predicted molar refractivity (Wildman–Crippen MR) is 91.9 cm³/mol. The molecule has 0 aromatic heterocycles. The molecular formula is C17H17N3O5. The molecule has 2 N–H and O–H groups in total. The Kier molecular flexibility index (Phi) is 5.67. The molecule has 0 spiro atoms. The van der Waals surface area contributed by atoms with Crippen molar-refractivity contribution in [3.8, 4) is 11.5 Å². The lowest BCUT2D eigenvalue weighted by atomic mass is 10.1. The van der Waals surface area contributed by atoms with E-state index >= 15 is 0 Å². The van der Waals surface area contributed by atoms with Gasteiger partial charge in [0.25, 0.3) is 5.91 Å². The van der Waals surface area contributed by atoms with E-state index in [1.807, 2.05) is 26.0 Å². The van der Waals surface area contributed by atoms with Crippen LogP contribution in [0.3, 0.4) is 0 Å². The minimum absolute atomic E-state index is 0.213. The third-order valence-electron chi connectivity index (χ3n) is 3.45. The average molecular weight is 343 g/mol. The molecule has 2 aromatic rings. The second-order valence-electron chi connectivity index (χ2n) is 5.33. The minimum atomic E-state index is -0.706. The van der Waals surface area contributed by atoms with Crippen LogP contribution in [0, 0.1) is 24.0 Å². The van der Waals surface area contributed by atoms with Gasteiger partial charge in [-0.25, -0.2) is 5.43 Å². The minimum Gasteiger partial charge on any atom is -0.502 e. The second kappa shape index (κ2) is 7.91. The largest absolute Gasteiger partial charge is 0.502 e. The number of rotatable bonds is 6. The van der Waals surface area contributed by atoms with Gasteiger partial charge < -0.3 is 9.84 Å². The molecule has 8 heteroatoms. The summed E-state index contributed by atoms with van der Waals surface area (Å²) in [5, 5.41) is 23.8. The van der Waals surface area contributed by atoms with Gasteiger partial charge in [0.05, 0.1) is 11.1 Å². The first-order valence-electron chi connectivity index (χ1n) is 7.36. The van der Waals surface area contributed by atoms with E-state index in [1.165, 1.54) is 18.3 Å². The molecule has 0 radical (unpaired) electrons. The van der Waals surface area contributed by atoms with Crippen LogP contribution in [-0.2, 0) is 4.79 Å². The molecule has 0 unspecified atom stereocenters. The van der Waals surface area contributed by atoms with Crippen LogP contribution in [0.4, 0.5) is 5.69 Å². The number of aromatic hydroxyl groups is 1. The Labute approximate surface area is 143 Å². The molecule has 0 fully saturated rings. The number of nitrogens with zero attached hydrogens (tertiary/aromatic N) is 2. The van der Waals surface area contributed by atoms with Crippen molar-refractivity contribution in [1.82, 2.24) is 5.43 Å². The van der Waals surface area contributed by atoms with E-state index in [2.05, 4.69) is 10.5 Å². The number of hydrazone groups is 1. The number of phenols is 1. The fourth-order valence-corrected chi connectivity index (χ4v) is 1.93. The van der Waals surface area contributed by atoms with E-state index < -0.39 is 22.3 Å². The molecule has 25 heavy (non-hydrogen) atoms. The van der Waals surface area contributed by atoms with Crippen LogP contribution in [0.1, 0.15) is 16.7 Å². The first kappa shape index (κ1) is 17.9. The number of carbonyl (C=O) groups is 1. The van der Waals surface area contributed by atoms with Gasteiger partial charge in [-0.1, -0.05) is 6.07 Å². The van der Waals surface area contributed by atoms with Crippen molar-refractivity contribution in [2.75, 3.05) is 6.61 Å². The number of hydrogen-bond donors (Lipinski definition) is 2. The molecule has 0 aliphatic carbocycles. The smallest absolute Gasteiger partial charge is 0.311 e. The van der Waals surface area contributed by atoms with Crippen molar-refractivity contribution in [3.63, 3.8) is 0 Å². The van der Waals surface area contributed by atoms with E-state index in [1.54, 1.807) is 6.07 Å². The van der Waals surface area contributed by atoms with Crippen LogP contribution < -0.4 is 10.2 Å². The molecule has 0 heterocycles. The molecule has 2 rings (SSSR count). The number of nitro benzene ring substituents is 1. The van der Waals surface area contributed by atoms with Crippen LogP contribution in [-0.4, -0.2) is 28.8 Å². The highest BCUT2D eigenvalue weighted by atomic mass is 16.6. The van der Waals surface area contributed by atoms with E-state index in [4.69, 9.17) is 4.74 Å². The molecule has 0 saturated carbocycles. The summed E-state index contributed by atoms with van der Waals surface area (Å²) in [5.41, 5.74) is 4.38. The summed E-state index contributed by atoms with van der Waals surface area (Å²) in [6.07, 6.45) is 1.24. The second-order valence-corrected chi connectivity index (χ2v) is 5.33. The Hall–Kier alpha value is -3.42. The molecule has 0 atom stereocenters. The number of ether oxygens (including phenoxy) is 1. The molecule has 0 aliphatic heterocycles. The Bertz CT molecular complexity index is 833. The highest BCUT2D eigenvalue weighted by Crippen LogP contribution is 2.25. The van der Waals surface area contributed by atoms with Gasteiger partial charge in [-0.15, -0.1) is 0 Å². The highest BCUT2D eigenvalue weighted by molar-refractivity contribution is 5.84. The van der Waals surface area contributed by atoms with Crippen molar-refractivity contribution < 1.29 is 19.6 Å². The van der Waals surface area contributed by atoms with Crippen molar-refractivity contribution in [1.29, 1.82) is 0 Å². The van der Waals surface area contributed by atoms with Crippen molar-refractivity contribution >= 4 is 17.8 Å². The van der Waals surface area contributed by atoms with Crippen LogP contribution in [0.25, 0.3) is 0 Å². The van der Waals surface area contributed by atoms with Crippen molar-refractivity contribution in [2.45, 2.75) is 13.8 Å². The molecule has 1 amide bonds. The maximum atomic E-state index is 11.7. The molecule has 0 saturated heterocycles. The number of amides is 1. The monoisotopic (exact) mass is 343 g/mol. The number of aryl methyl sites for hydroxylation is 2. The lowest BCUT2D eigenvalue weighted by Gasteiger charge is -2.07. The molecule has 2 aromatic carbocycles. The fraction of sp³-hybridized carbons (Fsp3) is 0.176. The molecular weight excluding hydrogens is 326 g/mol. The number of carbonyl (C=O) groups excluding carboxylic acids is 1. The summed E-state index contributed by atoms with van der Waals surface area (Å²) in [6.45, 7) is 3.72. The maximum Gasteiger partial charge on any atom is 0.311 e. The molecule has 0 bridgehead atoms. The Morgan fingerprint density at radius 3 is 2.72 bits per heavy atom. The maximum absolute atomic E-state index is 11.7. The SMILES string of the molecule is Cc1ccc(OCC(=O)NN=Cc2ccc(O)c([N+](=O)[O-])c2)cc1C. The quantitative estimate of drug-likeness (QED) is 0.475. The average Bonchev–Trinajstić information content (AvgIpc) is 2.57. The van der Waals surface area contributed by atoms with Gasteiger partial charge in [-0.05, 0) is 49.2 Å². The Morgan fingerprint density at radius 2 is 2.04 bits per heavy atom. The summed E-state index contributed by atoms with van der Waals surface area (Å²) in [6, 6.07) is 9.28. The topological polar surface area (TPSA) is 114 Å². The first-order chi connectivity index (χ1) is 11.9. The fourth-order valence-electron chi connectivity index (χ4n) is 1.93. The van der Waals surface area contributed by atoms with Crippen LogP contribution >= 0.6 is 0 Å². The standard InChI is InChI=1S/C17H17N3O5/c1-11-3-5-14(7-12(11)2)25-10-17(22)19-18-9-13-4-6-16(21)15(8-13)20(23)24/h3-9,21H,10H2,1-2H3,(H,19,22). The summed E-state index contributed by atoms with van der Waals surface area (Å²) < 4.78 is 5.36. The van der Waals surface area contributed by atoms with Gasteiger partial charge in [0.15, 0.2) is 12.4 Å².